The molecule has 0 saturated carbocycles. The van der Waals surface area contributed by atoms with Crippen LogP contribution < -0.4 is 5.56 Å². The first-order valence-electron chi connectivity index (χ1n) is 9.16. The van der Waals surface area contributed by atoms with E-state index in [0.717, 1.165) is 27.7 Å². The van der Waals surface area contributed by atoms with Crippen LogP contribution in [0.1, 0.15) is 22.8 Å². The van der Waals surface area contributed by atoms with E-state index in [2.05, 4.69) is 10.2 Å². The normalized spacial score (nSPS) is 17.0. The zero-order valence-electron chi connectivity index (χ0n) is 15.0. The number of hydrogen-bond donors (Lipinski definition) is 2. The molecule has 4 aromatic rings. The number of esters is 1. The lowest BCUT2D eigenvalue weighted by molar-refractivity contribution is -0.157. The van der Waals surface area contributed by atoms with Crippen molar-refractivity contribution < 1.29 is 14.6 Å². The molecule has 0 radical (unpaired) electrons. The third kappa shape index (κ3) is 2.11. The minimum absolute atomic E-state index is 0.135. The topological polar surface area (TPSA) is 110 Å². The number of hydrogen-bond acceptors (Lipinski definition) is 6. The Labute approximate surface area is 163 Å². The fourth-order valence-corrected chi connectivity index (χ4v) is 4.28. The summed E-state index contributed by atoms with van der Waals surface area (Å²) in [6, 6.07) is 11.3. The Balaban J connectivity index is 1.70. The minimum atomic E-state index is -1.46. The first kappa shape index (κ1) is 16.2. The number of H-pyrrole nitrogens is 1. The van der Waals surface area contributed by atoms with Crippen molar-refractivity contribution in [1.29, 1.82) is 0 Å². The summed E-state index contributed by atoms with van der Waals surface area (Å²) in [6.45, 7) is 0.205. The second kappa shape index (κ2) is 5.62. The van der Waals surface area contributed by atoms with Gasteiger partial charge in [0.1, 0.15) is 6.61 Å². The maximum absolute atomic E-state index is 13.1. The molecule has 1 atom stereocenters. The summed E-state index contributed by atoms with van der Waals surface area (Å²) in [5.41, 5.74) is 5.04. The number of aromatic nitrogens is 4. The largest absolute Gasteiger partial charge is 0.458 e. The van der Waals surface area contributed by atoms with Gasteiger partial charge in [0.05, 0.1) is 34.7 Å². The van der Waals surface area contributed by atoms with E-state index < -0.39 is 12.1 Å². The second-order valence-electron chi connectivity index (χ2n) is 7.17. The van der Waals surface area contributed by atoms with Gasteiger partial charge in [-0.25, -0.2) is 9.78 Å². The number of rotatable bonds is 1. The van der Waals surface area contributed by atoms with Crippen molar-refractivity contribution in [3.05, 3.63) is 69.6 Å². The molecule has 0 aliphatic carbocycles. The van der Waals surface area contributed by atoms with Crippen molar-refractivity contribution >= 4 is 16.9 Å². The van der Waals surface area contributed by atoms with Crippen LogP contribution >= 0.6 is 0 Å². The van der Waals surface area contributed by atoms with Crippen molar-refractivity contribution in [3.63, 3.8) is 0 Å². The van der Waals surface area contributed by atoms with E-state index in [0.29, 0.717) is 29.1 Å². The van der Waals surface area contributed by atoms with Gasteiger partial charge in [0.25, 0.3) is 5.56 Å². The lowest BCUT2D eigenvalue weighted by Crippen LogP contribution is -2.32. The van der Waals surface area contributed by atoms with Crippen LogP contribution in [0.5, 0.6) is 0 Å². The molecule has 0 spiro atoms. The fourth-order valence-electron chi connectivity index (χ4n) is 4.28. The molecule has 0 unspecified atom stereocenters. The molecule has 6 rings (SSSR count). The molecular formula is C21H14N4O4. The van der Waals surface area contributed by atoms with Crippen molar-refractivity contribution in [3.8, 4) is 22.6 Å². The molecule has 8 heteroatoms. The first-order valence-corrected chi connectivity index (χ1v) is 9.16. The number of aliphatic hydroxyl groups excluding tert-OH is 1. The molecule has 2 aliphatic rings. The van der Waals surface area contributed by atoms with Crippen molar-refractivity contribution in [2.24, 2.45) is 0 Å². The molecule has 1 aromatic carbocycles. The summed E-state index contributed by atoms with van der Waals surface area (Å²) in [5, 5.41) is 18.3. The van der Waals surface area contributed by atoms with Gasteiger partial charge in [0.2, 0.25) is 0 Å². The monoisotopic (exact) mass is 386 g/mol. The molecule has 5 heterocycles. The van der Waals surface area contributed by atoms with Gasteiger partial charge in [0.15, 0.2) is 6.10 Å². The van der Waals surface area contributed by atoms with E-state index in [-0.39, 0.29) is 12.2 Å². The molecule has 0 amide bonds. The first-order chi connectivity index (χ1) is 14.1. The van der Waals surface area contributed by atoms with Crippen LogP contribution in [0.3, 0.4) is 0 Å². The highest BCUT2D eigenvalue weighted by molar-refractivity contribution is 5.98. The van der Waals surface area contributed by atoms with Gasteiger partial charge in [-0.05, 0) is 18.2 Å². The molecule has 29 heavy (non-hydrogen) atoms. The van der Waals surface area contributed by atoms with Crippen LogP contribution in [-0.2, 0) is 22.7 Å². The average Bonchev–Trinajstić information content (AvgIpc) is 3.38. The molecule has 142 valence electrons. The summed E-state index contributed by atoms with van der Waals surface area (Å²) < 4.78 is 6.57. The number of nitrogens with one attached hydrogen (secondary N) is 1. The van der Waals surface area contributed by atoms with Crippen LogP contribution in [0, 0.1) is 0 Å². The Kier molecular flexibility index (Phi) is 3.14. The summed E-state index contributed by atoms with van der Waals surface area (Å²) in [5.74, 6) is -0.746. The number of fused-ring (bicyclic) bond motifs is 5. The van der Waals surface area contributed by atoms with Crippen molar-refractivity contribution in [2.45, 2.75) is 19.3 Å². The van der Waals surface area contributed by atoms with Gasteiger partial charge in [-0.3, -0.25) is 9.89 Å². The second-order valence-corrected chi connectivity index (χ2v) is 7.17. The Morgan fingerprint density at radius 3 is 2.86 bits per heavy atom. The SMILES string of the molecule is O=C1OCc2c(cc3n(c2=O)Cc2c-3nc3ccccc3c2-c2ccn[nH]2)[C@@H]1O. The highest BCUT2D eigenvalue weighted by Crippen LogP contribution is 2.41. The highest BCUT2D eigenvalue weighted by atomic mass is 16.5. The van der Waals surface area contributed by atoms with Gasteiger partial charge in [-0.2, -0.15) is 5.10 Å². The van der Waals surface area contributed by atoms with Crippen molar-refractivity contribution in [2.75, 3.05) is 0 Å². The summed E-state index contributed by atoms with van der Waals surface area (Å²) >= 11 is 0. The van der Waals surface area contributed by atoms with E-state index in [1.165, 1.54) is 0 Å². The molecule has 0 saturated heterocycles. The molecule has 3 aromatic heterocycles. The van der Waals surface area contributed by atoms with Crippen LogP contribution in [0.2, 0.25) is 0 Å². The van der Waals surface area contributed by atoms with Crippen molar-refractivity contribution in [1.82, 2.24) is 19.7 Å². The van der Waals surface area contributed by atoms with Crippen LogP contribution in [-0.4, -0.2) is 30.8 Å². The Morgan fingerprint density at radius 2 is 2.03 bits per heavy atom. The number of para-hydroxylation sites is 1. The molecule has 8 nitrogen and oxygen atoms in total. The zero-order valence-corrected chi connectivity index (χ0v) is 15.0. The van der Waals surface area contributed by atoms with E-state index in [1.54, 1.807) is 16.8 Å². The molecule has 2 N–H and O–H groups in total. The van der Waals surface area contributed by atoms with E-state index in [9.17, 15) is 14.7 Å². The van der Waals surface area contributed by atoms with E-state index in [1.807, 2.05) is 30.3 Å². The smallest absolute Gasteiger partial charge is 0.340 e. The summed E-state index contributed by atoms with van der Waals surface area (Å²) in [4.78, 5) is 29.7. The maximum atomic E-state index is 13.1. The quantitative estimate of drug-likeness (QED) is 0.426. The average molecular weight is 386 g/mol. The number of carbonyl (C=O) groups is 1. The third-order valence-electron chi connectivity index (χ3n) is 5.63. The van der Waals surface area contributed by atoms with E-state index in [4.69, 9.17) is 9.72 Å². The van der Waals surface area contributed by atoms with Gasteiger partial charge >= 0.3 is 5.97 Å². The lowest BCUT2D eigenvalue weighted by atomic mass is 9.97. The summed E-state index contributed by atoms with van der Waals surface area (Å²) in [6.07, 6.45) is 0.220. The van der Waals surface area contributed by atoms with Crippen LogP contribution in [0.15, 0.2) is 47.4 Å². The highest BCUT2D eigenvalue weighted by Gasteiger charge is 2.34. The molecular weight excluding hydrogens is 372 g/mol. The molecule has 0 bridgehead atoms. The Morgan fingerprint density at radius 1 is 1.17 bits per heavy atom. The van der Waals surface area contributed by atoms with Crippen LogP contribution in [0.25, 0.3) is 33.5 Å². The Bertz CT molecular complexity index is 1390. The maximum Gasteiger partial charge on any atom is 0.340 e. The predicted octanol–water partition coefficient (Wildman–Crippen LogP) is 1.91. The Hall–Kier alpha value is -3.78. The number of ether oxygens (including phenoxy) is 1. The number of nitrogens with zero attached hydrogens (tertiary/aromatic N) is 3. The van der Waals surface area contributed by atoms with Gasteiger partial charge < -0.3 is 14.4 Å². The number of carbonyl (C=O) groups excluding carboxylic acids is 1. The lowest BCUT2D eigenvalue weighted by Gasteiger charge is -2.21. The summed E-state index contributed by atoms with van der Waals surface area (Å²) in [7, 11) is 0. The molecule has 0 fully saturated rings. The van der Waals surface area contributed by atoms with Gasteiger partial charge in [-0.15, -0.1) is 0 Å². The third-order valence-corrected chi connectivity index (χ3v) is 5.63. The number of aliphatic hydroxyl groups is 1. The van der Waals surface area contributed by atoms with E-state index >= 15 is 0 Å². The number of benzene rings is 1. The number of aromatic amines is 1. The van der Waals surface area contributed by atoms with Gasteiger partial charge in [0, 0.05) is 28.3 Å². The number of pyridine rings is 2. The number of cyclic esters (lactones) is 1. The van der Waals surface area contributed by atoms with Gasteiger partial charge in [-0.1, -0.05) is 18.2 Å². The zero-order chi connectivity index (χ0) is 19.7. The fraction of sp³-hybridized carbons (Fsp3) is 0.143. The minimum Gasteiger partial charge on any atom is -0.458 e. The van der Waals surface area contributed by atoms with Crippen LogP contribution in [0.4, 0.5) is 0 Å². The standard InChI is InChI=1S/C21H14N4O4/c26-19-11-7-16-18-12(8-25(16)20(27)13(11)9-29-21(19)28)17(15-5-6-22-24-15)10-3-1-2-4-14(10)23-18/h1-7,19,26H,8-9H2,(H,22,24)/t19-/m0/s1. The molecule has 2 aliphatic heterocycles. The predicted molar refractivity (Wildman–Crippen MR) is 103 cm³/mol.